The van der Waals surface area contributed by atoms with Crippen LogP contribution in [0.4, 0.5) is 16.2 Å². The van der Waals surface area contributed by atoms with Crippen LogP contribution >= 0.6 is 0 Å². The third kappa shape index (κ3) is 11.2. The standard InChI is InChI=1S/C51H54N4O7/c1-34(18-21-45(56)42-19-22-46(57)50-43(42)20-23-48(59)53-50)30-35-10-8-11-36(31-35)32-47(58)38-14-9-15-39(33-38)54(2)49(60)26-29-55-27-24-40(25-28-55)62-51(61)52-44-17-7-6-16-41(44)37-12-4-3-5-13-37/h3-17,19-20,22-23,31,33-34,40,45,56-57H,18,21,24-30,32H2,1-2H3,(H,52,61)(H,53,59)/t34?,45-/m0/s1. The van der Waals surface area contributed by atoms with E-state index in [0.717, 1.165) is 35.1 Å². The number of aromatic hydroxyl groups is 1. The summed E-state index contributed by atoms with van der Waals surface area (Å²) >= 11 is 0. The van der Waals surface area contributed by atoms with Crippen LogP contribution in [0.3, 0.4) is 0 Å². The van der Waals surface area contributed by atoms with Crippen molar-refractivity contribution in [3.63, 3.8) is 0 Å². The van der Waals surface area contributed by atoms with Gasteiger partial charge in [0.05, 0.1) is 17.3 Å². The number of aromatic amines is 1. The Morgan fingerprint density at radius 1 is 0.855 bits per heavy atom. The molecule has 62 heavy (non-hydrogen) atoms. The summed E-state index contributed by atoms with van der Waals surface area (Å²) in [5.41, 5.74) is 6.49. The van der Waals surface area contributed by atoms with E-state index in [4.69, 9.17) is 4.74 Å². The van der Waals surface area contributed by atoms with Gasteiger partial charge in [0.15, 0.2) is 5.78 Å². The first kappa shape index (κ1) is 43.5. The van der Waals surface area contributed by atoms with Crippen molar-refractivity contribution in [2.24, 2.45) is 5.92 Å². The van der Waals surface area contributed by atoms with Crippen LogP contribution in [0.2, 0.25) is 0 Å². The number of aromatic nitrogens is 1. The predicted molar refractivity (Wildman–Crippen MR) is 244 cm³/mol. The fraction of sp³-hybridized carbons (Fsp3) is 0.294. The molecule has 0 saturated carbocycles. The van der Waals surface area contributed by atoms with E-state index in [2.05, 4.69) is 34.3 Å². The number of hydrogen-bond acceptors (Lipinski definition) is 8. The zero-order valence-electron chi connectivity index (χ0n) is 35.3. The molecule has 0 radical (unpaired) electrons. The van der Waals surface area contributed by atoms with Crippen LogP contribution in [0.1, 0.15) is 72.2 Å². The second-order valence-electron chi connectivity index (χ2n) is 16.3. The first-order valence-electron chi connectivity index (χ1n) is 21.4. The van der Waals surface area contributed by atoms with E-state index < -0.39 is 12.2 Å². The van der Waals surface area contributed by atoms with Crippen LogP contribution < -0.4 is 15.8 Å². The van der Waals surface area contributed by atoms with E-state index in [1.54, 1.807) is 42.3 Å². The maximum atomic E-state index is 13.5. The predicted octanol–water partition coefficient (Wildman–Crippen LogP) is 9.08. The first-order valence-corrected chi connectivity index (χ1v) is 21.4. The van der Waals surface area contributed by atoms with Gasteiger partial charge in [0.1, 0.15) is 11.9 Å². The Balaban J connectivity index is 0.844. The number of hydrogen-bond donors (Lipinski definition) is 4. The number of benzene rings is 5. The molecule has 1 aromatic heterocycles. The van der Waals surface area contributed by atoms with Crippen molar-refractivity contribution in [3.05, 3.63) is 160 Å². The minimum Gasteiger partial charge on any atom is -0.506 e. The molecule has 6 aromatic rings. The number of ketones is 1. The number of phenols is 1. The Labute approximate surface area is 362 Å². The molecule has 0 aliphatic carbocycles. The fourth-order valence-corrected chi connectivity index (χ4v) is 8.26. The van der Waals surface area contributed by atoms with Crippen molar-refractivity contribution in [2.75, 3.05) is 36.9 Å². The molecule has 7 rings (SSSR count). The van der Waals surface area contributed by atoms with Crippen molar-refractivity contribution in [2.45, 2.75) is 64.1 Å². The van der Waals surface area contributed by atoms with Gasteiger partial charge in [-0.1, -0.05) is 97.9 Å². The molecule has 0 spiro atoms. The number of rotatable bonds is 16. The Hall–Kier alpha value is -6.56. The molecule has 4 N–H and O–H groups in total. The highest BCUT2D eigenvalue weighted by molar-refractivity contribution is 6.00. The highest BCUT2D eigenvalue weighted by Crippen LogP contribution is 2.32. The molecular formula is C51H54N4O7. The van der Waals surface area contributed by atoms with Crippen LogP contribution in [0, 0.1) is 5.92 Å². The van der Waals surface area contributed by atoms with E-state index in [1.807, 2.05) is 72.8 Å². The molecule has 2 amide bonds. The zero-order valence-corrected chi connectivity index (χ0v) is 35.3. The lowest BCUT2D eigenvalue weighted by Gasteiger charge is -2.31. The third-order valence-corrected chi connectivity index (χ3v) is 11.8. The molecule has 2 atom stereocenters. The van der Waals surface area contributed by atoms with E-state index in [-0.39, 0.29) is 41.4 Å². The highest BCUT2D eigenvalue weighted by atomic mass is 16.6. The number of aliphatic hydroxyl groups is 1. The summed E-state index contributed by atoms with van der Waals surface area (Å²) in [6, 6.07) is 39.0. The molecule has 11 heteroatoms. The number of piperidine rings is 1. The van der Waals surface area contributed by atoms with Gasteiger partial charge in [-0.05, 0) is 90.6 Å². The van der Waals surface area contributed by atoms with Gasteiger partial charge < -0.3 is 29.7 Å². The maximum Gasteiger partial charge on any atom is 0.411 e. The van der Waals surface area contributed by atoms with E-state index in [1.165, 1.54) is 12.1 Å². The summed E-state index contributed by atoms with van der Waals surface area (Å²) in [6.45, 7) is 4.15. The Morgan fingerprint density at radius 3 is 2.40 bits per heavy atom. The number of fused-ring (bicyclic) bond motifs is 1. The molecule has 5 aromatic carbocycles. The summed E-state index contributed by atoms with van der Waals surface area (Å²) in [5.74, 6) is 0.122. The first-order chi connectivity index (χ1) is 30.0. The fourth-order valence-electron chi connectivity index (χ4n) is 8.26. The molecule has 11 nitrogen and oxygen atoms in total. The summed E-state index contributed by atoms with van der Waals surface area (Å²) in [5, 5.41) is 24.8. The van der Waals surface area contributed by atoms with Gasteiger partial charge in [-0.25, -0.2) is 4.79 Å². The molecule has 1 aliphatic rings. The number of aliphatic hydroxyl groups excluding tert-OH is 1. The number of pyridine rings is 1. The number of para-hydroxylation sites is 1. The Morgan fingerprint density at radius 2 is 1.60 bits per heavy atom. The van der Waals surface area contributed by atoms with E-state index in [0.29, 0.717) is 78.7 Å². The minimum atomic E-state index is -0.762. The number of carbonyl (C=O) groups is 3. The van der Waals surface area contributed by atoms with Gasteiger partial charge in [-0.2, -0.15) is 0 Å². The normalized spacial score (nSPS) is 14.2. The van der Waals surface area contributed by atoms with Crippen molar-refractivity contribution in [3.8, 4) is 16.9 Å². The molecule has 0 bridgehead atoms. The van der Waals surface area contributed by atoms with Gasteiger partial charge >= 0.3 is 6.09 Å². The lowest BCUT2D eigenvalue weighted by atomic mass is 9.91. The highest BCUT2D eigenvalue weighted by Gasteiger charge is 2.24. The summed E-state index contributed by atoms with van der Waals surface area (Å²) < 4.78 is 5.79. The molecule has 1 aliphatic heterocycles. The number of amides is 2. The monoisotopic (exact) mass is 834 g/mol. The molecule has 1 fully saturated rings. The molecule has 2 heterocycles. The van der Waals surface area contributed by atoms with Gasteiger partial charge in [0.2, 0.25) is 11.5 Å². The second kappa shape index (κ2) is 20.3. The largest absolute Gasteiger partial charge is 0.506 e. The average molecular weight is 835 g/mol. The second-order valence-corrected chi connectivity index (χ2v) is 16.3. The lowest BCUT2D eigenvalue weighted by molar-refractivity contribution is -0.118. The number of nitrogens with zero attached hydrogens (tertiary/aromatic N) is 2. The Bertz CT molecular complexity index is 2570. The van der Waals surface area contributed by atoms with Crippen LogP contribution in [0.5, 0.6) is 5.75 Å². The SMILES string of the molecule is CC(CC[C@H](O)c1ccc(O)c2[nH]c(=O)ccc12)Cc1cccc(CC(=O)c2cccc(N(C)C(=O)CCN3CCC(OC(=O)Nc4ccccc4-c4ccccc4)CC3)c2)c1. The summed E-state index contributed by atoms with van der Waals surface area (Å²) in [4.78, 5) is 58.0. The van der Waals surface area contributed by atoms with Crippen molar-refractivity contribution < 1.29 is 29.3 Å². The van der Waals surface area contributed by atoms with Crippen molar-refractivity contribution >= 4 is 40.1 Å². The van der Waals surface area contributed by atoms with Crippen LogP contribution in [0.25, 0.3) is 22.0 Å². The quantitative estimate of drug-likeness (QED) is 0.0705. The molecule has 1 unspecified atom stereocenters. The average Bonchev–Trinajstić information content (AvgIpc) is 3.28. The van der Waals surface area contributed by atoms with E-state index >= 15 is 0 Å². The number of H-pyrrole nitrogens is 1. The smallest absolute Gasteiger partial charge is 0.411 e. The number of carbonyl (C=O) groups excluding carboxylic acids is 3. The Kier molecular flexibility index (Phi) is 14.3. The number of nitrogens with one attached hydrogen (secondary N) is 2. The van der Waals surface area contributed by atoms with Crippen LogP contribution in [-0.2, 0) is 22.4 Å². The maximum absolute atomic E-state index is 13.5. The van der Waals surface area contributed by atoms with Crippen molar-refractivity contribution in [1.29, 1.82) is 0 Å². The van der Waals surface area contributed by atoms with Gasteiger partial charge in [0.25, 0.3) is 0 Å². The lowest BCUT2D eigenvalue weighted by Crippen LogP contribution is -2.40. The minimum absolute atomic E-state index is 0.0372. The van der Waals surface area contributed by atoms with Gasteiger partial charge in [-0.3, -0.25) is 19.7 Å². The van der Waals surface area contributed by atoms with Gasteiger partial charge in [0, 0.05) is 67.8 Å². The van der Waals surface area contributed by atoms with Crippen molar-refractivity contribution in [1.82, 2.24) is 9.88 Å². The van der Waals surface area contributed by atoms with E-state index in [9.17, 15) is 29.4 Å². The van der Waals surface area contributed by atoms with Crippen LogP contribution in [0.15, 0.2) is 132 Å². The topological polar surface area (TPSA) is 152 Å². The number of phenolic OH excluding ortho intramolecular Hbond substituents is 1. The third-order valence-electron chi connectivity index (χ3n) is 11.8. The number of anilines is 2. The summed E-state index contributed by atoms with van der Waals surface area (Å²) in [6.07, 6.45) is 2.48. The zero-order chi connectivity index (χ0) is 43.6. The number of ether oxygens (including phenoxy) is 1. The summed E-state index contributed by atoms with van der Waals surface area (Å²) in [7, 11) is 1.74. The molecule has 320 valence electrons. The number of likely N-dealkylation sites (tertiary alicyclic amines) is 1. The molecular weight excluding hydrogens is 781 g/mol. The number of Topliss-reactive ketones (excluding diaryl/α,β-unsaturated/α-hetero) is 1. The van der Waals surface area contributed by atoms with Gasteiger partial charge in [-0.15, -0.1) is 0 Å². The van der Waals surface area contributed by atoms with Crippen LogP contribution in [-0.4, -0.2) is 70.7 Å². The molecule has 1 saturated heterocycles.